The van der Waals surface area contributed by atoms with E-state index in [0.717, 1.165) is 12.8 Å². The van der Waals surface area contributed by atoms with E-state index in [-0.39, 0.29) is 12.2 Å². The topological polar surface area (TPSA) is 46.2 Å². The molecule has 108 valence electrons. The number of ether oxygens (including phenoxy) is 5. The van der Waals surface area contributed by atoms with Crippen molar-refractivity contribution >= 4 is 0 Å². The number of hydrogen-bond acceptors (Lipinski definition) is 5. The van der Waals surface area contributed by atoms with Crippen LogP contribution in [0, 0.1) is 0 Å². The predicted octanol–water partition coefficient (Wildman–Crippen LogP) is 1.59. The van der Waals surface area contributed by atoms with Gasteiger partial charge < -0.3 is 23.7 Å². The minimum absolute atomic E-state index is 0.170. The highest BCUT2D eigenvalue weighted by atomic mass is 16.7. The first-order valence-electron chi connectivity index (χ1n) is 6.48. The molecule has 1 aliphatic heterocycles. The van der Waals surface area contributed by atoms with Crippen molar-refractivity contribution in [3.05, 3.63) is 0 Å². The Hall–Kier alpha value is -0.200. The van der Waals surface area contributed by atoms with E-state index in [1.165, 1.54) is 0 Å². The van der Waals surface area contributed by atoms with Crippen LogP contribution >= 0.6 is 0 Å². The van der Waals surface area contributed by atoms with Gasteiger partial charge in [-0.25, -0.2) is 0 Å². The summed E-state index contributed by atoms with van der Waals surface area (Å²) in [5.74, 6) is 0. The van der Waals surface area contributed by atoms with Crippen molar-refractivity contribution in [2.24, 2.45) is 0 Å². The van der Waals surface area contributed by atoms with Crippen LogP contribution in [0.3, 0.4) is 0 Å². The Morgan fingerprint density at radius 3 is 2.39 bits per heavy atom. The van der Waals surface area contributed by atoms with Crippen molar-refractivity contribution in [3.63, 3.8) is 0 Å². The summed E-state index contributed by atoms with van der Waals surface area (Å²) >= 11 is 0. The third-order valence-corrected chi connectivity index (χ3v) is 3.38. The van der Waals surface area contributed by atoms with Gasteiger partial charge in [0.15, 0.2) is 6.29 Å². The van der Waals surface area contributed by atoms with E-state index in [9.17, 15) is 0 Å². The van der Waals surface area contributed by atoms with Gasteiger partial charge in [0.1, 0.15) is 17.8 Å². The maximum atomic E-state index is 5.98. The highest BCUT2D eigenvalue weighted by molar-refractivity contribution is 4.99. The first kappa shape index (κ1) is 15.9. The third kappa shape index (κ3) is 3.22. The van der Waals surface area contributed by atoms with Crippen molar-refractivity contribution in [2.75, 3.05) is 34.5 Å². The molecule has 1 aliphatic rings. The smallest absolute Gasteiger partial charge is 0.189 e. The third-order valence-electron chi connectivity index (χ3n) is 3.38. The van der Waals surface area contributed by atoms with Crippen LogP contribution in [-0.2, 0) is 23.7 Å². The van der Waals surface area contributed by atoms with Crippen molar-refractivity contribution < 1.29 is 23.7 Å². The van der Waals surface area contributed by atoms with E-state index in [0.29, 0.717) is 13.2 Å². The molecular formula is C13H26O5. The van der Waals surface area contributed by atoms with Gasteiger partial charge in [-0.3, -0.25) is 0 Å². The number of hydrogen-bond donors (Lipinski definition) is 0. The predicted molar refractivity (Wildman–Crippen MR) is 67.6 cm³/mol. The summed E-state index contributed by atoms with van der Waals surface area (Å²) in [6.45, 7) is 5.24. The SMILES string of the molecule is CCCCO[C@@]1(C)[C@@H](OC)O[C@H](COC)[C@H]1OC. The zero-order valence-corrected chi connectivity index (χ0v) is 12.1. The first-order valence-corrected chi connectivity index (χ1v) is 6.48. The van der Waals surface area contributed by atoms with Crippen LogP contribution in [0.25, 0.3) is 0 Å². The summed E-state index contributed by atoms with van der Waals surface area (Å²) in [6.07, 6.45) is 1.31. The van der Waals surface area contributed by atoms with Crippen LogP contribution in [0.15, 0.2) is 0 Å². The molecule has 0 amide bonds. The second-order valence-corrected chi connectivity index (χ2v) is 4.74. The molecule has 0 spiro atoms. The molecule has 18 heavy (non-hydrogen) atoms. The normalized spacial score (nSPS) is 36.2. The first-order chi connectivity index (χ1) is 8.63. The molecule has 0 aromatic carbocycles. The molecule has 1 fully saturated rings. The Kier molecular flexibility index (Phi) is 6.52. The molecular weight excluding hydrogens is 236 g/mol. The standard InChI is InChI=1S/C13H26O5/c1-6-7-8-17-13(2)11(15-4)10(9-14-3)18-12(13)16-5/h10-12H,6-9H2,1-5H3/t10-,11-,12+,13-/m1/s1. The van der Waals surface area contributed by atoms with Gasteiger partial charge in [-0.15, -0.1) is 0 Å². The highest BCUT2D eigenvalue weighted by Crippen LogP contribution is 2.36. The van der Waals surface area contributed by atoms with Gasteiger partial charge in [0, 0.05) is 27.9 Å². The summed E-state index contributed by atoms with van der Waals surface area (Å²) in [6, 6.07) is 0. The van der Waals surface area contributed by atoms with Gasteiger partial charge in [-0.2, -0.15) is 0 Å². The zero-order chi connectivity index (χ0) is 13.6. The fourth-order valence-electron chi connectivity index (χ4n) is 2.42. The van der Waals surface area contributed by atoms with E-state index in [2.05, 4.69) is 6.92 Å². The second-order valence-electron chi connectivity index (χ2n) is 4.74. The number of unbranched alkanes of at least 4 members (excludes halogenated alkanes) is 1. The maximum Gasteiger partial charge on any atom is 0.189 e. The largest absolute Gasteiger partial charge is 0.382 e. The fraction of sp³-hybridized carbons (Fsp3) is 1.00. The van der Waals surface area contributed by atoms with Crippen LogP contribution in [0.1, 0.15) is 26.7 Å². The minimum Gasteiger partial charge on any atom is -0.382 e. The van der Waals surface area contributed by atoms with Gasteiger partial charge in [0.25, 0.3) is 0 Å². The lowest BCUT2D eigenvalue weighted by Gasteiger charge is -2.33. The summed E-state index contributed by atoms with van der Waals surface area (Å²) < 4.78 is 27.9. The summed E-state index contributed by atoms with van der Waals surface area (Å²) in [7, 11) is 4.93. The van der Waals surface area contributed by atoms with E-state index < -0.39 is 11.9 Å². The number of rotatable bonds is 8. The Morgan fingerprint density at radius 2 is 1.89 bits per heavy atom. The summed E-state index contributed by atoms with van der Waals surface area (Å²) in [4.78, 5) is 0. The molecule has 0 aromatic rings. The van der Waals surface area contributed by atoms with Crippen molar-refractivity contribution in [1.82, 2.24) is 0 Å². The monoisotopic (exact) mass is 262 g/mol. The van der Waals surface area contributed by atoms with Gasteiger partial charge in [-0.05, 0) is 13.3 Å². The van der Waals surface area contributed by atoms with E-state index >= 15 is 0 Å². The van der Waals surface area contributed by atoms with Gasteiger partial charge in [-0.1, -0.05) is 13.3 Å². The van der Waals surface area contributed by atoms with Crippen LogP contribution in [0.4, 0.5) is 0 Å². The van der Waals surface area contributed by atoms with Crippen molar-refractivity contribution in [3.8, 4) is 0 Å². The Morgan fingerprint density at radius 1 is 1.17 bits per heavy atom. The molecule has 4 atom stereocenters. The van der Waals surface area contributed by atoms with Crippen LogP contribution in [0.2, 0.25) is 0 Å². The molecule has 5 heteroatoms. The van der Waals surface area contributed by atoms with Crippen LogP contribution < -0.4 is 0 Å². The summed E-state index contributed by atoms with van der Waals surface area (Å²) in [5, 5.41) is 0. The Labute approximate surface area is 110 Å². The minimum atomic E-state index is -0.595. The average molecular weight is 262 g/mol. The van der Waals surface area contributed by atoms with Crippen LogP contribution in [-0.4, -0.2) is 58.6 Å². The lowest BCUT2D eigenvalue weighted by atomic mass is 9.97. The lowest BCUT2D eigenvalue weighted by molar-refractivity contribution is -0.209. The quantitative estimate of drug-likeness (QED) is 0.622. The summed E-state index contributed by atoms with van der Waals surface area (Å²) in [5.41, 5.74) is -0.595. The van der Waals surface area contributed by atoms with Gasteiger partial charge in [0.2, 0.25) is 0 Å². The molecule has 1 heterocycles. The van der Waals surface area contributed by atoms with E-state index in [1.54, 1.807) is 21.3 Å². The van der Waals surface area contributed by atoms with Crippen LogP contribution in [0.5, 0.6) is 0 Å². The molecule has 0 unspecified atom stereocenters. The molecule has 1 rings (SSSR count). The number of methoxy groups -OCH3 is 3. The van der Waals surface area contributed by atoms with Crippen molar-refractivity contribution in [2.45, 2.75) is 50.8 Å². The second kappa shape index (κ2) is 7.40. The fourth-order valence-corrected chi connectivity index (χ4v) is 2.42. The van der Waals surface area contributed by atoms with E-state index in [1.807, 2.05) is 6.92 Å². The molecule has 0 aromatic heterocycles. The molecule has 5 nitrogen and oxygen atoms in total. The molecule has 0 bridgehead atoms. The molecule has 0 aliphatic carbocycles. The van der Waals surface area contributed by atoms with Crippen molar-refractivity contribution in [1.29, 1.82) is 0 Å². The van der Waals surface area contributed by atoms with E-state index in [4.69, 9.17) is 23.7 Å². The molecule has 1 saturated heterocycles. The maximum absolute atomic E-state index is 5.98. The Bertz CT molecular complexity index is 235. The van der Waals surface area contributed by atoms with Gasteiger partial charge >= 0.3 is 0 Å². The zero-order valence-electron chi connectivity index (χ0n) is 12.1. The average Bonchev–Trinajstić information content (AvgIpc) is 2.62. The molecule has 0 saturated carbocycles. The molecule has 0 N–H and O–H groups in total. The molecule has 0 radical (unpaired) electrons. The lowest BCUT2D eigenvalue weighted by Crippen LogP contribution is -2.50. The van der Waals surface area contributed by atoms with Gasteiger partial charge in [0.05, 0.1) is 6.61 Å². The Balaban J connectivity index is 2.74. The highest BCUT2D eigenvalue weighted by Gasteiger charge is 2.55.